The van der Waals surface area contributed by atoms with Crippen LogP contribution in [-0.2, 0) is 30.4 Å². The first kappa shape index (κ1) is 37.9. The minimum absolute atomic E-state index is 0.197. The van der Waals surface area contributed by atoms with Crippen molar-refractivity contribution in [3.05, 3.63) is 35.9 Å². The molecular weight excluding hydrogens is 576 g/mol. The lowest BCUT2D eigenvalue weighted by molar-refractivity contribution is -0.152. The summed E-state index contributed by atoms with van der Waals surface area (Å²) in [5, 5.41) is 14.7. The Morgan fingerprint density at radius 2 is 1.11 bits per heavy atom. The maximum absolute atomic E-state index is 12.8. The molecule has 2 aliphatic carbocycles. The third-order valence-corrected chi connectivity index (χ3v) is 8.41. The van der Waals surface area contributed by atoms with Crippen LogP contribution in [0.15, 0.2) is 30.3 Å². The monoisotopic (exact) mass is 632 g/mol. The molecule has 10 heteroatoms. The highest BCUT2D eigenvalue weighted by Gasteiger charge is 2.43. The first-order valence-corrected chi connectivity index (χ1v) is 16.3. The van der Waals surface area contributed by atoms with Gasteiger partial charge in [-0.05, 0) is 83.6 Å². The number of aliphatic carboxylic acids is 1. The third-order valence-electron chi connectivity index (χ3n) is 8.41. The van der Waals surface area contributed by atoms with E-state index in [1.54, 1.807) is 41.5 Å². The fourth-order valence-corrected chi connectivity index (χ4v) is 6.01. The second-order valence-corrected chi connectivity index (χ2v) is 15.0. The van der Waals surface area contributed by atoms with Gasteiger partial charge in [0.1, 0.15) is 29.9 Å². The summed E-state index contributed by atoms with van der Waals surface area (Å²) in [7, 11) is 0. The third kappa shape index (κ3) is 13.3. The van der Waals surface area contributed by atoms with E-state index in [9.17, 15) is 24.3 Å². The van der Waals surface area contributed by atoms with E-state index in [1.807, 2.05) is 37.3 Å². The molecule has 0 heterocycles. The number of carbonyl (C=O) groups is 4. The number of alkyl carbamates (subject to hydrolysis) is 2. The van der Waals surface area contributed by atoms with Crippen LogP contribution in [0.4, 0.5) is 9.59 Å². The summed E-state index contributed by atoms with van der Waals surface area (Å²) in [5.41, 5.74) is -1.02. The quantitative estimate of drug-likeness (QED) is 0.197. The molecule has 45 heavy (non-hydrogen) atoms. The van der Waals surface area contributed by atoms with Crippen molar-refractivity contribution >= 4 is 24.1 Å². The molecule has 10 nitrogen and oxygen atoms in total. The van der Waals surface area contributed by atoms with Crippen molar-refractivity contribution in [2.45, 2.75) is 149 Å². The second-order valence-electron chi connectivity index (χ2n) is 15.0. The van der Waals surface area contributed by atoms with Gasteiger partial charge in [0.25, 0.3) is 0 Å². The molecular formula is C35H56N2O8. The molecule has 0 unspecified atom stereocenters. The number of ether oxygens (including phenoxy) is 3. The summed E-state index contributed by atoms with van der Waals surface area (Å²) in [4.78, 5) is 48.3. The zero-order chi connectivity index (χ0) is 33.9. The Labute approximate surface area is 269 Å². The summed E-state index contributed by atoms with van der Waals surface area (Å²) in [6, 6.07) is 7.95. The summed E-state index contributed by atoms with van der Waals surface area (Å²) < 4.78 is 16.0. The van der Waals surface area contributed by atoms with Crippen LogP contribution >= 0.6 is 0 Å². The topological polar surface area (TPSA) is 140 Å². The van der Waals surface area contributed by atoms with Crippen LogP contribution in [0.3, 0.4) is 0 Å². The van der Waals surface area contributed by atoms with E-state index in [1.165, 1.54) is 0 Å². The van der Waals surface area contributed by atoms with Crippen molar-refractivity contribution in [2.75, 3.05) is 0 Å². The van der Waals surface area contributed by atoms with Crippen LogP contribution in [0.5, 0.6) is 0 Å². The first-order valence-electron chi connectivity index (χ1n) is 16.3. The van der Waals surface area contributed by atoms with Crippen LogP contribution in [0, 0.1) is 10.8 Å². The van der Waals surface area contributed by atoms with Gasteiger partial charge in [-0.15, -0.1) is 0 Å². The molecule has 2 saturated carbocycles. The predicted molar refractivity (Wildman–Crippen MR) is 173 cm³/mol. The summed E-state index contributed by atoms with van der Waals surface area (Å²) in [5.74, 6) is -1.39. The van der Waals surface area contributed by atoms with Crippen molar-refractivity contribution in [1.29, 1.82) is 0 Å². The number of carboxylic acid groups (broad SMARTS) is 1. The minimum atomic E-state index is -0.991. The molecule has 1 aromatic carbocycles. The van der Waals surface area contributed by atoms with Gasteiger partial charge in [0, 0.05) is 0 Å². The van der Waals surface area contributed by atoms with Crippen molar-refractivity contribution in [3.63, 3.8) is 0 Å². The molecule has 0 saturated heterocycles. The number of carboxylic acids is 1. The number of amides is 2. The Morgan fingerprint density at radius 1 is 0.711 bits per heavy atom. The highest BCUT2D eigenvalue weighted by molar-refractivity contribution is 5.82. The van der Waals surface area contributed by atoms with E-state index in [4.69, 9.17) is 14.2 Å². The maximum Gasteiger partial charge on any atom is 0.408 e. The molecule has 0 aromatic heterocycles. The molecule has 0 spiro atoms. The molecule has 2 fully saturated rings. The molecule has 3 N–H and O–H groups in total. The van der Waals surface area contributed by atoms with Gasteiger partial charge >= 0.3 is 24.1 Å². The number of rotatable bonds is 8. The van der Waals surface area contributed by atoms with Gasteiger partial charge in [-0.1, -0.05) is 82.7 Å². The molecule has 2 atom stereocenters. The molecule has 1 aromatic rings. The van der Waals surface area contributed by atoms with Gasteiger partial charge in [-0.25, -0.2) is 19.2 Å². The molecule has 0 aliphatic heterocycles. The molecule has 254 valence electrons. The summed E-state index contributed by atoms with van der Waals surface area (Å²) in [6.07, 6.45) is 8.58. The Balaban J connectivity index is 0.000000330. The van der Waals surface area contributed by atoms with Gasteiger partial charge in [-0.2, -0.15) is 0 Å². The van der Waals surface area contributed by atoms with Gasteiger partial charge in [0.2, 0.25) is 0 Å². The number of nitrogens with one attached hydrogen (secondary N) is 2. The molecule has 3 rings (SSSR count). The Bertz CT molecular complexity index is 1110. The summed E-state index contributed by atoms with van der Waals surface area (Å²) in [6.45, 7) is 14.9. The minimum Gasteiger partial charge on any atom is -0.480 e. The molecule has 2 aliphatic rings. The number of benzene rings is 1. The average Bonchev–Trinajstić information content (AvgIpc) is 2.93. The normalized spacial score (nSPS) is 18.9. The lowest BCUT2D eigenvalue weighted by Gasteiger charge is -2.39. The van der Waals surface area contributed by atoms with Gasteiger partial charge in [0.15, 0.2) is 0 Å². The fourth-order valence-electron chi connectivity index (χ4n) is 6.01. The molecule has 0 radical (unpaired) electrons. The molecule has 2 amide bonds. The van der Waals surface area contributed by atoms with Crippen molar-refractivity contribution < 1.29 is 38.5 Å². The van der Waals surface area contributed by atoms with Crippen molar-refractivity contribution in [2.24, 2.45) is 10.8 Å². The standard InChI is InChI=1S/C21H31NO4.C14H25NO4/c1-20(2,3)26-19(24)22-17(21(4)13-9-6-10-14-21)18(23)25-15-16-11-7-5-8-12-16;1-13(2,3)19-12(18)15-10(11(16)17)14(4)8-6-5-7-9-14/h5,7-8,11-12,17H,6,9-10,13-15H2,1-4H3,(H,22,24);10H,5-9H2,1-4H3,(H,15,18)(H,16,17)/t17-;10-/m00/s1. The van der Waals surface area contributed by atoms with Gasteiger partial charge in [0.05, 0.1) is 0 Å². The Morgan fingerprint density at radius 3 is 1.51 bits per heavy atom. The Hall–Kier alpha value is -3.30. The van der Waals surface area contributed by atoms with Crippen LogP contribution < -0.4 is 10.6 Å². The lowest BCUT2D eigenvalue weighted by atomic mass is 9.70. The van der Waals surface area contributed by atoms with Gasteiger partial charge in [-0.3, -0.25) is 0 Å². The average molecular weight is 633 g/mol. The van der Waals surface area contributed by atoms with Crippen molar-refractivity contribution in [1.82, 2.24) is 10.6 Å². The number of hydrogen-bond acceptors (Lipinski definition) is 7. The Kier molecular flexibility index (Phi) is 13.7. The highest BCUT2D eigenvalue weighted by Crippen LogP contribution is 2.40. The van der Waals surface area contributed by atoms with E-state index >= 15 is 0 Å². The fraction of sp³-hybridized carbons (Fsp3) is 0.714. The van der Waals surface area contributed by atoms with Crippen LogP contribution in [0.1, 0.15) is 125 Å². The van der Waals surface area contributed by atoms with Crippen LogP contribution in [0.2, 0.25) is 0 Å². The number of hydrogen-bond donors (Lipinski definition) is 3. The predicted octanol–water partition coefficient (Wildman–Crippen LogP) is 7.53. The van der Waals surface area contributed by atoms with Crippen LogP contribution in [0.25, 0.3) is 0 Å². The highest BCUT2D eigenvalue weighted by atomic mass is 16.6. The van der Waals surface area contributed by atoms with E-state index in [-0.39, 0.29) is 17.4 Å². The maximum atomic E-state index is 12.8. The number of carbonyl (C=O) groups excluding carboxylic acids is 3. The zero-order valence-electron chi connectivity index (χ0n) is 28.6. The van der Waals surface area contributed by atoms with Crippen molar-refractivity contribution in [3.8, 4) is 0 Å². The second kappa shape index (κ2) is 16.3. The SMILES string of the molecule is CC(C)(C)OC(=O)N[C@@H](C(=O)O)C1(C)CCCCC1.CC(C)(C)OC(=O)N[C@@H](C(=O)OCc1ccccc1)C1(C)CCCCC1. The zero-order valence-corrected chi connectivity index (χ0v) is 28.6. The number of esters is 1. The largest absolute Gasteiger partial charge is 0.480 e. The van der Waals surface area contributed by atoms with Crippen LogP contribution in [-0.4, -0.2) is 52.5 Å². The summed E-state index contributed by atoms with van der Waals surface area (Å²) >= 11 is 0. The smallest absolute Gasteiger partial charge is 0.408 e. The van der Waals surface area contributed by atoms with E-state index < -0.39 is 47.4 Å². The first-order chi connectivity index (χ1) is 20.8. The van der Waals surface area contributed by atoms with E-state index in [0.717, 1.165) is 69.8 Å². The van der Waals surface area contributed by atoms with Gasteiger partial charge < -0.3 is 30.0 Å². The lowest BCUT2D eigenvalue weighted by Crippen LogP contribution is -2.53. The van der Waals surface area contributed by atoms with E-state index in [2.05, 4.69) is 17.6 Å². The molecule has 0 bridgehead atoms. The van der Waals surface area contributed by atoms with E-state index in [0.29, 0.717) is 0 Å².